The zero-order valence-corrected chi connectivity index (χ0v) is 11.3. The third-order valence-corrected chi connectivity index (χ3v) is 4.43. The summed E-state index contributed by atoms with van der Waals surface area (Å²) in [5.41, 5.74) is -0.589. The minimum Gasteiger partial charge on any atom is -0.469 e. The van der Waals surface area contributed by atoms with Crippen LogP contribution in [0.25, 0.3) is 0 Å². The SMILES string of the molecule is CCCCN1C[C@@]23C=C[C@@H](O2)[C@H](C(=O)OC)[C@H]3C1=O. The van der Waals surface area contributed by atoms with Gasteiger partial charge in [-0.1, -0.05) is 25.5 Å². The summed E-state index contributed by atoms with van der Waals surface area (Å²) in [4.78, 5) is 26.2. The van der Waals surface area contributed by atoms with E-state index >= 15 is 0 Å². The van der Waals surface area contributed by atoms with E-state index in [2.05, 4.69) is 6.92 Å². The zero-order chi connectivity index (χ0) is 13.6. The summed E-state index contributed by atoms with van der Waals surface area (Å²) in [5, 5.41) is 0. The van der Waals surface area contributed by atoms with Gasteiger partial charge >= 0.3 is 5.97 Å². The van der Waals surface area contributed by atoms with Crippen molar-refractivity contribution >= 4 is 11.9 Å². The normalized spacial score (nSPS) is 38.9. The first-order chi connectivity index (χ1) is 9.13. The van der Waals surface area contributed by atoms with E-state index in [0.717, 1.165) is 19.4 Å². The van der Waals surface area contributed by atoms with Crippen LogP contribution in [0, 0.1) is 11.8 Å². The van der Waals surface area contributed by atoms with E-state index in [1.54, 1.807) is 0 Å². The van der Waals surface area contributed by atoms with Crippen molar-refractivity contribution in [3.05, 3.63) is 12.2 Å². The molecule has 0 aliphatic carbocycles. The molecule has 104 valence electrons. The third kappa shape index (κ3) is 1.64. The number of likely N-dealkylation sites (tertiary alicyclic amines) is 1. The average molecular weight is 265 g/mol. The van der Waals surface area contributed by atoms with Crippen LogP contribution in [0.4, 0.5) is 0 Å². The van der Waals surface area contributed by atoms with Crippen molar-refractivity contribution in [2.45, 2.75) is 31.5 Å². The molecule has 0 aromatic carbocycles. The van der Waals surface area contributed by atoms with Crippen molar-refractivity contribution in [3.8, 4) is 0 Å². The molecule has 1 spiro atoms. The van der Waals surface area contributed by atoms with Gasteiger partial charge in [-0.15, -0.1) is 0 Å². The molecule has 5 nitrogen and oxygen atoms in total. The molecule has 4 atom stereocenters. The van der Waals surface area contributed by atoms with Crippen molar-refractivity contribution in [1.82, 2.24) is 4.90 Å². The highest BCUT2D eigenvalue weighted by Crippen LogP contribution is 2.52. The molecule has 0 N–H and O–H groups in total. The fraction of sp³-hybridized carbons (Fsp3) is 0.714. The van der Waals surface area contributed by atoms with Gasteiger partial charge < -0.3 is 14.4 Å². The number of esters is 1. The molecule has 3 aliphatic heterocycles. The predicted octanol–water partition coefficient (Wildman–Crippen LogP) is 0.741. The summed E-state index contributed by atoms with van der Waals surface area (Å²) in [5.74, 6) is -1.18. The van der Waals surface area contributed by atoms with E-state index in [1.807, 2.05) is 17.1 Å². The van der Waals surface area contributed by atoms with E-state index in [0.29, 0.717) is 6.54 Å². The van der Waals surface area contributed by atoms with E-state index in [9.17, 15) is 9.59 Å². The number of hydrogen-bond acceptors (Lipinski definition) is 4. The monoisotopic (exact) mass is 265 g/mol. The maximum Gasteiger partial charge on any atom is 0.312 e. The van der Waals surface area contributed by atoms with Gasteiger partial charge in [0.1, 0.15) is 11.5 Å². The third-order valence-electron chi connectivity index (χ3n) is 4.43. The lowest BCUT2D eigenvalue weighted by molar-refractivity contribution is -0.151. The molecule has 0 saturated carbocycles. The summed E-state index contributed by atoms with van der Waals surface area (Å²) >= 11 is 0. The van der Waals surface area contributed by atoms with Gasteiger partial charge in [-0.2, -0.15) is 0 Å². The van der Waals surface area contributed by atoms with Crippen LogP contribution in [0.5, 0.6) is 0 Å². The van der Waals surface area contributed by atoms with Gasteiger partial charge in [-0.25, -0.2) is 0 Å². The molecule has 0 aromatic rings. The van der Waals surface area contributed by atoms with Crippen molar-refractivity contribution in [3.63, 3.8) is 0 Å². The standard InChI is InChI=1S/C14H19NO4/c1-3-4-7-15-8-14-6-5-9(19-14)10(13(17)18-2)11(14)12(15)16/h5-6,9-11H,3-4,7-8H2,1-2H3/t9-,10+,11+,14-/m1/s1. The number of rotatable bonds is 4. The molecule has 5 heteroatoms. The molecule has 1 amide bonds. The molecule has 3 heterocycles. The van der Waals surface area contributed by atoms with Crippen LogP contribution < -0.4 is 0 Å². The van der Waals surface area contributed by atoms with Gasteiger partial charge in [0.15, 0.2) is 0 Å². The maximum atomic E-state index is 12.5. The second kappa shape index (κ2) is 4.34. The Balaban J connectivity index is 1.86. The van der Waals surface area contributed by atoms with Crippen LogP contribution in [0.3, 0.4) is 0 Å². The zero-order valence-electron chi connectivity index (χ0n) is 11.3. The van der Waals surface area contributed by atoms with E-state index in [4.69, 9.17) is 9.47 Å². The summed E-state index contributed by atoms with van der Waals surface area (Å²) in [6, 6.07) is 0. The second-order valence-corrected chi connectivity index (χ2v) is 5.54. The number of carbonyl (C=O) groups is 2. The van der Waals surface area contributed by atoms with Crippen LogP contribution in [0.1, 0.15) is 19.8 Å². The molecule has 0 radical (unpaired) electrons. The summed E-state index contributed by atoms with van der Waals surface area (Å²) in [6.07, 6.45) is 5.58. The van der Waals surface area contributed by atoms with Crippen molar-refractivity contribution < 1.29 is 19.1 Å². The Bertz CT molecular complexity index is 447. The highest BCUT2D eigenvalue weighted by Gasteiger charge is 2.67. The topological polar surface area (TPSA) is 55.8 Å². The smallest absolute Gasteiger partial charge is 0.312 e. The molecule has 3 aliphatic rings. The number of hydrogen-bond donors (Lipinski definition) is 0. The number of carbonyl (C=O) groups excluding carboxylic acids is 2. The molecular formula is C14H19NO4. The van der Waals surface area contributed by atoms with E-state index in [-0.39, 0.29) is 18.0 Å². The Morgan fingerprint density at radius 1 is 1.63 bits per heavy atom. The lowest BCUT2D eigenvalue weighted by Gasteiger charge is -2.22. The number of ether oxygens (including phenoxy) is 2. The van der Waals surface area contributed by atoms with Gasteiger partial charge in [-0.05, 0) is 6.42 Å². The van der Waals surface area contributed by atoms with Crippen LogP contribution in [-0.4, -0.2) is 48.7 Å². The number of fused-ring (bicyclic) bond motifs is 1. The lowest BCUT2D eigenvalue weighted by Crippen LogP contribution is -2.39. The Labute approximate surface area is 112 Å². The molecule has 2 bridgehead atoms. The quantitative estimate of drug-likeness (QED) is 0.556. The van der Waals surface area contributed by atoms with Gasteiger partial charge in [0.05, 0.1) is 25.7 Å². The van der Waals surface area contributed by atoms with Crippen LogP contribution in [0.15, 0.2) is 12.2 Å². The fourth-order valence-corrected chi connectivity index (χ4v) is 3.52. The minimum absolute atomic E-state index is 0.0377. The molecule has 0 unspecified atom stereocenters. The minimum atomic E-state index is -0.589. The van der Waals surface area contributed by atoms with Crippen molar-refractivity contribution in [2.75, 3.05) is 20.2 Å². The first kappa shape index (κ1) is 12.7. The lowest BCUT2D eigenvalue weighted by atomic mass is 9.77. The average Bonchev–Trinajstić information content (AvgIpc) is 3.04. The fourth-order valence-electron chi connectivity index (χ4n) is 3.52. The predicted molar refractivity (Wildman–Crippen MR) is 67.2 cm³/mol. The maximum absolute atomic E-state index is 12.5. The van der Waals surface area contributed by atoms with Gasteiger partial charge in [0.2, 0.25) is 5.91 Å². The summed E-state index contributed by atoms with van der Waals surface area (Å²) in [7, 11) is 1.36. The molecular weight excluding hydrogens is 246 g/mol. The summed E-state index contributed by atoms with van der Waals surface area (Å²) < 4.78 is 10.8. The Morgan fingerprint density at radius 3 is 3.11 bits per heavy atom. The Morgan fingerprint density at radius 2 is 2.42 bits per heavy atom. The first-order valence-electron chi connectivity index (χ1n) is 6.87. The summed E-state index contributed by atoms with van der Waals surface area (Å²) in [6.45, 7) is 3.40. The number of amides is 1. The number of methoxy groups -OCH3 is 1. The van der Waals surface area contributed by atoms with E-state index < -0.39 is 17.4 Å². The Kier molecular flexibility index (Phi) is 2.89. The van der Waals surface area contributed by atoms with Crippen molar-refractivity contribution in [2.24, 2.45) is 11.8 Å². The number of unbranched alkanes of at least 4 members (excludes halogenated alkanes) is 1. The second-order valence-electron chi connectivity index (χ2n) is 5.54. The molecule has 0 aromatic heterocycles. The van der Waals surface area contributed by atoms with Crippen LogP contribution >= 0.6 is 0 Å². The molecule has 3 rings (SSSR count). The largest absolute Gasteiger partial charge is 0.469 e. The van der Waals surface area contributed by atoms with Gasteiger partial charge in [0.25, 0.3) is 0 Å². The van der Waals surface area contributed by atoms with Gasteiger partial charge in [-0.3, -0.25) is 9.59 Å². The van der Waals surface area contributed by atoms with Gasteiger partial charge in [0, 0.05) is 6.54 Å². The Hall–Kier alpha value is -1.36. The highest BCUT2D eigenvalue weighted by atomic mass is 16.5. The molecule has 2 saturated heterocycles. The first-order valence-corrected chi connectivity index (χ1v) is 6.87. The highest BCUT2D eigenvalue weighted by molar-refractivity contribution is 5.91. The van der Waals surface area contributed by atoms with Crippen LogP contribution in [0.2, 0.25) is 0 Å². The molecule has 19 heavy (non-hydrogen) atoms. The van der Waals surface area contributed by atoms with E-state index in [1.165, 1.54) is 7.11 Å². The molecule has 2 fully saturated rings. The van der Waals surface area contributed by atoms with Crippen molar-refractivity contribution in [1.29, 1.82) is 0 Å². The van der Waals surface area contributed by atoms with Crippen LogP contribution in [-0.2, 0) is 19.1 Å². The number of nitrogens with zero attached hydrogens (tertiary/aromatic N) is 1.